The Labute approximate surface area is 134 Å². The predicted molar refractivity (Wildman–Crippen MR) is 87.0 cm³/mol. The Morgan fingerprint density at radius 3 is 2.57 bits per heavy atom. The highest BCUT2D eigenvalue weighted by Crippen LogP contribution is 2.25. The van der Waals surface area contributed by atoms with Crippen LogP contribution in [0.2, 0.25) is 0 Å². The maximum absolute atomic E-state index is 12.6. The molecule has 0 bridgehead atoms. The van der Waals surface area contributed by atoms with Crippen LogP contribution in [-0.4, -0.2) is 54.2 Å². The largest absolute Gasteiger partial charge is 0.507 e. The molecule has 0 atom stereocenters. The van der Waals surface area contributed by atoms with E-state index in [0.717, 1.165) is 18.9 Å². The number of phenolic OH excluding ortho intramolecular Hbond substituents is 1. The van der Waals surface area contributed by atoms with Gasteiger partial charge >= 0.3 is 0 Å². The molecule has 1 aliphatic rings. The fourth-order valence-corrected chi connectivity index (χ4v) is 2.67. The maximum Gasteiger partial charge on any atom is 0.257 e. The molecule has 0 unspecified atom stereocenters. The molecule has 1 amide bonds. The van der Waals surface area contributed by atoms with E-state index in [2.05, 4.69) is 9.88 Å². The van der Waals surface area contributed by atoms with Crippen molar-refractivity contribution in [3.05, 3.63) is 48.2 Å². The van der Waals surface area contributed by atoms with E-state index in [0.29, 0.717) is 24.4 Å². The van der Waals surface area contributed by atoms with Crippen molar-refractivity contribution in [2.24, 2.45) is 0 Å². The first-order chi connectivity index (χ1) is 11.2. The third-order valence-electron chi connectivity index (χ3n) is 3.98. The number of rotatable bonds is 3. The summed E-state index contributed by atoms with van der Waals surface area (Å²) < 4.78 is 5.04. The summed E-state index contributed by atoms with van der Waals surface area (Å²) in [5.41, 5.74) is 0.303. The van der Waals surface area contributed by atoms with E-state index in [1.807, 2.05) is 18.2 Å². The molecule has 0 radical (unpaired) electrons. The lowest BCUT2D eigenvalue weighted by atomic mass is 10.1. The summed E-state index contributed by atoms with van der Waals surface area (Å²) in [6.45, 7) is 2.64. The number of pyridine rings is 1. The fraction of sp³-hybridized carbons (Fsp3) is 0.294. The zero-order valence-electron chi connectivity index (χ0n) is 13.0. The van der Waals surface area contributed by atoms with Gasteiger partial charge in [-0.3, -0.25) is 4.79 Å². The second-order valence-corrected chi connectivity index (χ2v) is 5.35. The van der Waals surface area contributed by atoms with E-state index < -0.39 is 0 Å². The Kier molecular flexibility index (Phi) is 4.32. The SMILES string of the molecule is COc1ccc(C(=O)N2CCN(c3ccccn3)CC2)c(O)c1. The van der Waals surface area contributed by atoms with Crippen molar-refractivity contribution in [2.75, 3.05) is 38.2 Å². The Morgan fingerprint density at radius 1 is 1.17 bits per heavy atom. The molecule has 2 aromatic rings. The molecule has 3 rings (SSSR count). The smallest absolute Gasteiger partial charge is 0.257 e. The number of hydrogen-bond acceptors (Lipinski definition) is 5. The number of hydrogen-bond donors (Lipinski definition) is 1. The Bertz CT molecular complexity index is 683. The normalized spacial score (nSPS) is 14.7. The third-order valence-corrected chi connectivity index (χ3v) is 3.98. The van der Waals surface area contributed by atoms with Crippen molar-refractivity contribution in [1.82, 2.24) is 9.88 Å². The predicted octanol–water partition coefficient (Wildman–Crippen LogP) is 1.76. The van der Waals surface area contributed by atoms with Crippen LogP contribution in [0.25, 0.3) is 0 Å². The van der Waals surface area contributed by atoms with Crippen molar-refractivity contribution in [2.45, 2.75) is 0 Å². The average Bonchev–Trinajstić information content (AvgIpc) is 2.62. The van der Waals surface area contributed by atoms with Crippen molar-refractivity contribution < 1.29 is 14.6 Å². The van der Waals surface area contributed by atoms with Crippen LogP contribution < -0.4 is 9.64 Å². The molecule has 1 N–H and O–H groups in total. The number of nitrogens with zero attached hydrogens (tertiary/aromatic N) is 3. The number of anilines is 1. The molecule has 0 spiro atoms. The number of aromatic hydroxyl groups is 1. The van der Waals surface area contributed by atoms with Gasteiger partial charge in [-0.1, -0.05) is 6.07 Å². The highest BCUT2D eigenvalue weighted by Gasteiger charge is 2.24. The molecule has 0 aliphatic carbocycles. The molecule has 1 aliphatic heterocycles. The molecule has 120 valence electrons. The molecule has 6 nitrogen and oxygen atoms in total. The third kappa shape index (κ3) is 3.21. The summed E-state index contributed by atoms with van der Waals surface area (Å²) in [6.07, 6.45) is 1.77. The van der Waals surface area contributed by atoms with Gasteiger partial charge < -0.3 is 19.6 Å². The summed E-state index contributed by atoms with van der Waals surface area (Å²) in [5.74, 6) is 1.23. The van der Waals surface area contributed by atoms with E-state index in [4.69, 9.17) is 4.74 Å². The monoisotopic (exact) mass is 313 g/mol. The molecular formula is C17H19N3O3. The second-order valence-electron chi connectivity index (χ2n) is 5.35. The van der Waals surface area contributed by atoms with Gasteiger partial charge in [0.05, 0.1) is 12.7 Å². The van der Waals surface area contributed by atoms with E-state index >= 15 is 0 Å². The first-order valence-electron chi connectivity index (χ1n) is 7.51. The Hall–Kier alpha value is -2.76. The van der Waals surface area contributed by atoms with Gasteiger partial charge in [0.1, 0.15) is 17.3 Å². The molecule has 1 saturated heterocycles. The minimum absolute atomic E-state index is 0.0542. The number of ether oxygens (including phenoxy) is 1. The fourth-order valence-electron chi connectivity index (χ4n) is 2.67. The lowest BCUT2D eigenvalue weighted by Gasteiger charge is -2.35. The number of carbonyl (C=O) groups is 1. The lowest BCUT2D eigenvalue weighted by Crippen LogP contribution is -2.49. The standard InChI is InChI=1S/C17H19N3O3/c1-23-13-5-6-14(15(21)12-13)17(22)20-10-8-19(9-11-20)16-4-2-3-7-18-16/h2-7,12,21H,8-11H2,1H3. The lowest BCUT2D eigenvalue weighted by molar-refractivity contribution is 0.0743. The quantitative estimate of drug-likeness (QED) is 0.935. The van der Waals surface area contributed by atoms with Crippen LogP contribution in [0.3, 0.4) is 0 Å². The Morgan fingerprint density at radius 2 is 1.96 bits per heavy atom. The molecule has 1 aromatic heterocycles. The molecule has 1 aromatic carbocycles. The zero-order chi connectivity index (χ0) is 16.2. The maximum atomic E-state index is 12.6. The van der Waals surface area contributed by atoms with Gasteiger partial charge in [-0.2, -0.15) is 0 Å². The zero-order valence-corrected chi connectivity index (χ0v) is 13.0. The van der Waals surface area contributed by atoms with Crippen molar-refractivity contribution in [3.8, 4) is 11.5 Å². The summed E-state index contributed by atoms with van der Waals surface area (Å²) in [4.78, 5) is 20.8. The van der Waals surface area contributed by atoms with Gasteiger partial charge in [0.15, 0.2) is 0 Å². The highest BCUT2D eigenvalue weighted by atomic mass is 16.5. The number of methoxy groups -OCH3 is 1. The van der Waals surface area contributed by atoms with Crippen LogP contribution in [0.4, 0.5) is 5.82 Å². The Balaban J connectivity index is 1.66. The molecule has 6 heteroatoms. The van der Waals surface area contributed by atoms with Gasteiger partial charge in [0, 0.05) is 38.4 Å². The van der Waals surface area contributed by atoms with E-state index in [-0.39, 0.29) is 11.7 Å². The van der Waals surface area contributed by atoms with Gasteiger partial charge in [-0.25, -0.2) is 4.98 Å². The highest BCUT2D eigenvalue weighted by molar-refractivity contribution is 5.97. The van der Waals surface area contributed by atoms with Crippen LogP contribution in [-0.2, 0) is 0 Å². The number of carbonyl (C=O) groups excluding carboxylic acids is 1. The van der Waals surface area contributed by atoms with Crippen LogP contribution >= 0.6 is 0 Å². The number of benzene rings is 1. The van der Waals surface area contributed by atoms with Crippen LogP contribution in [0.5, 0.6) is 11.5 Å². The molecule has 23 heavy (non-hydrogen) atoms. The second kappa shape index (κ2) is 6.56. The molecule has 2 heterocycles. The number of phenols is 1. The van der Waals surface area contributed by atoms with E-state index in [1.54, 1.807) is 23.2 Å². The first-order valence-corrected chi connectivity index (χ1v) is 7.51. The number of amides is 1. The minimum atomic E-state index is -0.161. The topological polar surface area (TPSA) is 65.9 Å². The van der Waals surface area contributed by atoms with E-state index in [9.17, 15) is 9.90 Å². The molecular weight excluding hydrogens is 294 g/mol. The minimum Gasteiger partial charge on any atom is -0.507 e. The summed E-state index contributed by atoms with van der Waals surface area (Å²) in [6, 6.07) is 10.5. The first kappa shape index (κ1) is 15.1. The average molecular weight is 313 g/mol. The van der Waals surface area contributed by atoms with E-state index in [1.165, 1.54) is 13.2 Å². The molecule has 0 saturated carbocycles. The summed E-state index contributed by atoms with van der Waals surface area (Å²) in [5, 5.41) is 10.0. The number of piperazine rings is 1. The van der Waals surface area contributed by atoms with Crippen molar-refractivity contribution >= 4 is 11.7 Å². The van der Waals surface area contributed by atoms with Crippen LogP contribution in [0.15, 0.2) is 42.6 Å². The van der Waals surface area contributed by atoms with Gasteiger partial charge in [-0.05, 0) is 24.3 Å². The molecule has 1 fully saturated rings. The van der Waals surface area contributed by atoms with Gasteiger partial charge in [0.2, 0.25) is 0 Å². The summed E-state index contributed by atoms with van der Waals surface area (Å²) in [7, 11) is 1.52. The number of aromatic nitrogens is 1. The van der Waals surface area contributed by atoms with Crippen LogP contribution in [0.1, 0.15) is 10.4 Å². The van der Waals surface area contributed by atoms with Gasteiger partial charge in [-0.15, -0.1) is 0 Å². The summed E-state index contributed by atoms with van der Waals surface area (Å²) >= 11 is 0. The van der Waals surface area contributed by atoms with Gasteiger partial charge in [0.25, 0.3) is 5.91 Å². The van der Waals surface area contributed by atoms with Crippen LogP contribution in [0, 0.1) is 0 Å². The van der Waals surface area contributed by atoms with Crippen molar-refractivity contribution in [1.29, 1.82) is 0 Å². The van der Waals surface area contributed by atoms with Crippen molar-refractivity contribution in [3.63, 3.8) is 0 Å².